The number of rotatable bonds is 11. The molecule has 0 aromatic heterocycles. The average Bonchev–Trinajstić information content (AvgIpc) is 2.45. The van der Waals surface area contributed by atoms with E-state index in [9.17, 15) is 5.11 Å². The molecule has 0 bridgehead atoms. The number of hydrogen-bond donors (Lipinski definition) is 1. The summed E-state index contributed by atoms with van der Waals surface area (Å²) < 4.78 is 0. The molecule has 1 heteroatoms. The van der Waals surface area contributed by atoms with Crippen LogP contribution in [0.3, 0.4) is 0 Å². The Morgan fingerprint density at radius 2 is 1.29 bits per heavy atom. The van der Waals surface area contributed by atoms with Gasteiger partial charge in [-0.2, -0.15) is 0 Å². The van der Waals surface area contributed by atoms with Gasteiger partial charge in [0.1, 0.15) is 5.75 Å². The molecule has 1 aromatic rings. The predicted molar refractivity (Wildman–Crippen MR) is 93.1 cm³/mol. The molecular weight excluding hydrogens is 256 g/mol. The Labute approximate surface area is 131 Å². The van der Waals surface area contributed by atoms with E-state index in [2.05, 4.69) is 26.0 Å². The van der Waals surface area contributed by atoms with Crippen LogP contribution in [-0.4, -0.2) is 5.11 Å². The number of phenolic OH excluding ortho intramolecular Hbond substituents is 1. The molecule has 0 amide bonds. The molecule has 21 heavy (non-hydrogen) atoms. The first-order valence-corrected chi connectivity index (χ1v) is 8.94. The van der Waals surface area contributed by atoms with E-state index in [1.807, 2.05) is 6.92 Å². The third kappa shape index (κ3) is 7.55. The van der Waals surface area contributed by atoms with E-state index in [0.717, 1.165) is 17.5 Å². The van der Waals surface area contributed by atoms with Crippen molar-refractivity contribution in [3.05, 3.63) is 28.8 Å². The second kappa shape index (κ2) is 10.7. The first-order chi connectivity index (χ1) is 10.1. The SMILES string of the molecule is CCCCCCCCCCCCc1cc(C)cc(C)c1O. The molecule has 0 fully saturated rings. The lowest BCUT2D eigenvalue weighted by Gasteiger charge is -2.09. The highest BCUT2D eigenvalue weighted by Crippen LogP contribution is 2.25. The maximum absolute atomic E-state index is 10.1. The van der Waals surface area contributed by atoms with Crippen LogP contribution < -0.4 is 0 Å². The molecule has 0 heterocycles. The normalized spacial score (nSPS) is 11.0. The first kappa shape index (κ1) is 18.1. The van der Waals surface area contributed by atoms with Gasteiger partial charge in [-0.1, -0.05) is 82.4 Å². The highest BCUT2D eigenvalue weighted by molar-refractivity contribution is 5.42. The number of benzene rings is 1. The Kier molecular flexibility index (Phi) is 9.21. The molecule has 1 N–H and O–H groups in total. The van der Waals surface area contributed by atoms with Crippen molar-refractivity contribution in [2.45, 2.75) is 91.4 Å². The molecular formula is C20H34O. The summed E-state index contributed by atoms with van der Waals surface area (Å²) in [6, 6.07) is 4.19. The maximum atomic E-state index is 10.1. The van der Waals surface area contributed by atoms with E-state index in [-0.39, 0.29) is 0 Å². The molecule has 0 spiro atoms. The predicted octanol–water partition coefficient (Wildman–Crippen LogP) is 6.47. The number of phenols is 1. The minimum Gasteiger partial charge on any atom is -0.507 e. The van der Waals surface area contributed by atoms with Crippen molar-refractivity contribution in [1.82, 2.24) is 0 Å². The van der Waals surface area contributed by atoms with Crippen molar-refractivity contribution in [2.75, 3.05) is 0 Å². The first-order valence-electron chi connectivity index (χ1n) is 8.94. The van der Waals surface area contributed by atoms with Crippen LogP contribution in [0, 0.1) is 13.8 Å². The van der Waals surface area contributed by atoms with Crippen molar-refractivity contribution < 1.29 is 5.11 Å². The van der Waals surface area contributed by atoms with Crippen molar-refractivity contribution >= 4 is 0 Å². The van der Waals surface area contributed by atoms with Gasteiger partial charge in [-0.05, 0) is 37.8 Å². The second-order valence-electron chi connectivity index (χ2n) is 6.52. The Morgan fingerprint density at radius 3 is 1.86 bits per heavy atom. The fraction of sp³-hybridized carbons (Fsp3) is 0.700. The molecule has 0 unspecified atom stereocenters. The summed E-state index contributed by atoms with van der Waals surface area (Å²) >= 11 is 0. The van der Waals surface area contributed by atoms with E-state index in [4.69, 9.17) is 0 Å². The lowest BCUT2D eigenvalue weighted by atomic mass is 9.99. The van der Waals surface area contributed by atoms with Crippen molar-refractivity contribution in [1.29, 1.82) is 0 Å². The molecule has 0 atom stereocenters. The van der Waals surface area contributed by atoms with Gasteiger partial charge in [-0.25, -0.2) is 0 Å². The summed E-state index contributed by atoms with van der Waals surface area (Å²) in [5.74, 6) is 0.511. The van der Waals surface area contributed by atoms with E-state index < -0.39 is 0 Å². The van der Waals surface area contributed by atoms with E-state index in [1.54, 1.807) is 0 Å². The minimum atomic E-state index is 0.511. The zero-order valence-corrected chi connectivity index (χ0v) is 14.4. The summed E-state index contributed by atoms with van der Waals surface area (Å²) in [4.78, 5) is 0. The van der Waals surface area contributed by atoms with Crippen LogP contribution in [0.1, 0.15) is 87.8 Å². The quantitative estimate of drug-likeness (QED) is 0.463. The van der Waals surface area contributed by atoms with Gasteiger partial charge in [-0.3, -0.25) is 0 Å². The van der Waals surface area contributed by atoms with E-state index in [0.29, 0.717) is 5.75 Å². The van der Waals surface area contributed by atoms with E-state index >= 15 is 0 Å². The van der Waals surface area contributed by atoms with Crippen LogP contribution >= 0.6 is 0 Å². The second-order valence-corrected chi connectivity index (χ2v) is 6.52. The topological polar surface area (TPSA) is 20.2 Å². The standard InChI is InChI=1S/C20H34O/c1-4-5-6-7-8-9-10-11-12-13-14-19-16-17(2)15-18(3)20(19)21/h15-16,21H,4-14H2,1-3H3. The van der Waals surface area contributed by atoms with Crippen LogP contribution in [-0.2, 0) is 6.42 Å². The van der Waals surface area contributed by atoms with Gasteiger partial charge in [0, 0.05) is 0 Å². The summed E-state index contributed by atoms with van der Waals surface area (Å²) in [7, 11) is 0. The molecule has 120 valence electrons. The van der Waals surface area contributed by atoms with Gasteiger partial charge in [-0.15, -0.1) is 0 Å². The van der Waals surface area contributed by atoms with Gasteiger partial charge in [0.2, 0.25) is 0 Å². The van der Waals surface area contributed by atoms with Crippen LogP contribution in [0.5, 0.6) is 5.75 Å². The molecule has 0 aliphatic rings. The third-order valence-corrected chi connectivity index (χ3v) is 4.32. The van der Waals surface area contributed by atoms with Crippen molar-refractivity contribution in [3.8, 4) is 5.75 Å². The number of aromatic hydroxyl groups is 1. The van der Waals surface area contributed by atoms with E-state index in [1.165, 1.54) is 69.8 Å². The fourth-order valence-corrected chi connectivity index (χ4v) is 3.04. The number of hydrogen-bond acceptors (Lipinski definition) is 1. The Balaban J connectivity index is 2.07. The maximum Gasteiger partial charge on any atom is 0.121 e. The fourth-order valence-electron chi connectivity index (χ4n) is 3.04. The summed E-state index contributed by atoms with van der Waals surface area (Å²) in [6.45, 7) is 6.37. The molecule has 0 saturated carbocycles. The highest BCUT2D eigenvalue weighted by atomic mass is 16.3. The van der Waals surface area contributed by atoms with Gasteiger partial charge >= 0.3 is 0 Å². The molecule has 0 aliphatic heterocycles. The third-order valence-electron chi connectivity index (χ3n) is 4.32. The largest absolute Gasteiger partial charge is 0.507 e. The van der Waals surface area contributed by atoms with Gasteiger partial charge < -0.3 is 5.11 Å². The molecule has 0 aliphatic carbocycles. The Hall–Kier alpha value is -0.980. The average molecular weight is 290 g/mol. The van der Waals surface area contributed by atoms with Crippen molar-refractivity contribution in [2.24, 2.45) is 0 Å². The lowest BCUT2D eigenvalue weighted by Crippen LogP contribution is -1.91. The zero-order valence-electron chi connectivity index (χ0n) is 14.4. The molecule has 1 rings (SSSR count). The van der Waals surface area contributed by atoms with Crippen LogP contribution in [0.2, 0.25) is 0 Å². The van der Waals surface area contributed by atoms with Crippen molar-refractivity contribution in [3.63, 3.8) is 0 Å². The smallest absolute Gasteiger partial charge is 0.121 e. The highest BCUT2D eigenvalue weighted by Gasteiger charge is 2.05. The molecule has 1 nitrogen and oxygen atoms in total. The lowest BCUT2D eigenvalue weighted by molar-refractivity contribution is 0.461. The van der Waals surface area contributed by atoms with Gasteiger partial charge in [0.05, 0.1) is 0 Å². The van der Waals surface area contributed by atoms with Crippen LogP contribution in [0.25, 0.3) is 0 Å². The van der Waals surface area contributed by atoms with Crippen LogP contribution in [0.4, 0.5) is 0 Å². The monoisotopic (exact) mass is 290 g/mol. The number of aryl methyl sites for hydroxylation is 3. The molecule has 0 saturated heterocycles. The summed E-state index contributed by atoms with van der Waals surface area (Å²) in [5, 5.41) is 10.1. The summed E-state index contributed by atoms with van der Waals surface area (Å²) in [5.41, 5.74) is 3.40. The Bertz CT molecular complexity index is 395. The summed E-state index contributed by atoms with van der Waals surface area (Å²) in [6.07, 6.45) is 14.6. The molecule has 1 aromatic carbocycles. The van der Waals surface area contributed by atoms with Crippen LogP contribution in [0.15, 0.2) is 12.1 Å². The molecule has 0 radical (unpaired) electrons. The number of unbranched alkanes of at least 4 members (excludes halogenated alkanes) is 9. The minimum absolute atomic E-state index is 0.511. The Morgan fingerprint density at radius 1 is 0.762 bits per heavy atom. The zero-order chi connectivity index (χ0) is 15.5. The van der Waals surface area contributed by atoms with Gasteiger partial charge in [0.25, 0.3) is 0 Å². The van der Waals surface area contributed by atoms with Gasteiger partial charge in [0.15, 0.2) is 0 Å².